The zero-order chi connectivity index (χ0) is 13.1. The van der Waals surface area contributed by atoms with Gasteiger partial charge >= 0.3 is 0 Å². The van der Waals surface area contributed by atoms with Gasteiger partial charge in [0.1, 0.15) is 5.82 Å². The number of imidazole rings is 1. The second kappa shape index (κ2) is 5.52. The van der Waals surface area contributed by atoms with Crippen LogP contribution in [0, 0.1) is 6.92 Å². The summed E-state index contributed by atoms with van der Waals surface area (Å²) in [7, 11) is 1.98. The molecule has 0 aliphatic rings. The van der Waals surface area contributed by atoms with Crippen molar-refractivity contribution in [2.24, 2.45) is 12.9 Å². The van der Waals surface area contributed by atoms with Crippen molar-refractivity contribution in [3.05, 3.63) is 52.6 Å². The summed E-state index contributed by atoms with van der Waals surface area (Å²) in [6, 6.07) is 5.97. The summed E-state index contributed by atoms with van der Waals surface area (Å²) in [5, 5.41) is 0.770. The maximum atomic E-state index is 6.03. The van der Waals surface area contributed by atoms with E-state index in [-0.39, 0.29) is 6.04 Å². The van der Waals surface area contributed by atoms with E-state index in [9.17, 15) is 0 Å². The van der Waals surface area contributed by atoms with Crippen molar-refractivity contribution in [1.29, 1.82) is 0 Å². The number of nitrogens with zero attached hydrogens (tertiary/aromatic N) is 2. The van der Waals surface area contributed by atoms with E-state index < -0.39 is 0 Å². The van der Waals surface area contributed by atoms with Crippen LogP contribution < -0.4 is 11.3 Å². The maximum Gasteiger partial charge on any atom is 0.110 e. The molecule has 1 aromatic carbocycles. The lowest BCUT2D eigenvalue weighted by Crippen LogP contribution is -2.30. The molecule has 0 amide bonds. The summed E-state index contributed by atoms with van der Waals surface area (Å²) in [6.45, 7) is 1.99. The normalized spacial score (nSPS) is 12.7. The van der Waals surface area contributed by atoms with E-state index in [0.717, 1.165) is 28.4 Å². The average molecular weight is 265 g/mol. The predicted octanol–water partition coefficient (Wildman–Crippen LogP) is 2.13. The molecule has 18 heavy (non-hydrogen) atoms. The Balaban J connectivity index is 2.23. The molecule has 0 fully saturated rings. The molecule has 2 aromatic rings. The van der Waals surface area contributed by atoms with Gasteiger partial charge in [0.05, 0.1) is 6.04 Å². The summed E-state index contributed by atoms with van der Waals surface area (Å²) < 4.78 is 1.99. The molecule has 0 bridgehead atoms. The van der Waals surface area contributed by atoms with Gasteiger partial charge in [0.15, 0.2) is 0 Å². The monoisotopic (exact) mass is 264 g/mol. The maximum absolute atomic E-state index is 6.03. The minimum absolute atomic E-state index is 0.0297. The van der Waals surface area contributed by atoms with Gasteiger partial charge in [-0.25, -0.2) is 4.98 Å². The molecule has 0 spiro atoms. The standard InChI is InChI=1S/C13H17ClN4/c1-9-7-10(3-4-11(9)14)12(17-15)8-13-16-5-6-18(13)2/h3-7,12,17H,8,15H2,1-2H3. The Morgan fingerprint density at radius 3 is 2.83 bits per heavy atom. The predicted molar refractivity (Wildman–Crippen MR) is 73.2 cm³/mol. The second-order valence-electron chi connectivity index (χ2n) is 4.39. The highest BCUT2D eigenvalue weighted by atomic mass is 35.5. The molecule has 4 nitrogen and oxygen atoms in total. The summed E-state index contributed by atoms with van der Waals surface area (Å²) in [4.78, 5) is 4.31. The molecule has 1 heterocycles. The van der Waals surface area contributed by atoms with Crippen molar-refractivity contribution >= 4 is 11.6 Å². The van der Waals surface area contributed by atoms with Crippen molar-refractivity contribution in [3.63, 3.8) is 0 Å². The van der Waals surface area contributed by atoms with Gasteiger partial charge in [-0.05, 0) is 24.1 Å². The third-order valence-electron chi connectivity index (χ3n) is 3.09. The van der Waals surface area contributed by atoms with E-state index in [1.807, 2.05) is 36.9 Å². The Bertz CT molecular complexity index is 536. The van der Waals surface area contributed by atoms with E-state index >= 15 is 0 Å². The van der Waals surface area contributed by atoms with Crippen molar-refractivity contribution in [2.75, 3.05) is 0 Å². The van der Waals surface area contributed by atoms with E-state index in [2.05, 4.69) is 16.5 Å². The van der Waals surface area contributed by atoms with Gasteiger partial charge in [-0.1, -0.05) is 23.7 Å². The number of rotatable bonds is 4. The highest BCUT2D eigenvalue weighted by Crippen LogP contribution is 2.22. The smallest absolute Gasteiger partial charge is 0.110 e. The number of aromatic nitrogens is 2. The van der Waals surface area contributed by atoms with E-state index in [4.69, 9.17) is 17.4 Å². The number of benzene rings is 1. The zero-order valence-corrected chi connectivity index (χ0v) is 11.3. The Labute approximate surface area is 112 Å². The Hall–Kier alpha value is -1.36. The first-order chi connectivity index (χ1) is 8.61. The average Bonchev–Trinajstić information content (AvgIpc) is 2.75. The van der Waals surface area contributed by atoms with Crippen molar-refractivity contribution < 1.29 is 0 Å². The molecule has 1 aromatic heterocycles. The molecule has 5 heteroatoms. The summed E-state index contributed by atoms with van der Waals surface area (Å²) >= 11 is 6.03. The molecule has 1 atom stereocenters. The van der Waals surface area contributed by atoms with Gasteiger partial charge < -0.3 is 4.57 Å². The van der Waals surface area contributed by atoms with E-state index in [0.29, 0.717) is 0 Å². The molecule has 0 aliphatic carbocycles. The van der Waals surface area contributed by atoms with Crippen LogP contribution in [0.5, 0.6) is 0 Å². The van der Waals surface area contributed by atoms with E-state index in [1.54, 1.807) is 6.20 Å². The minimum Gasteiger partial charge on any atom is -0.338 e. The topological polar surface area (TPSA) is 55.9 Å². The van der Waals surface area contributed by atoms with Gasteiger partial charge in [0, 0.05) is 30.9 Å². The molecule has 0 aliphatic heterocycles. The van der Waals surface area contributed by atoms with Gasteiger partial charge in [0.2, 0.25) is 0 Å². The van der Waals surface area contributed by atoms with Crippen molar-refractivity contribution in [2.45, 2.75) is 19.4 Å². The van der Waals surface area contributed by atoms with Crippen LogP contribution in [0.4, 0.5) is 0 Å². The fourth-order valence-corrected chi connectivity index (χ4v) is 2.05. The van der Waals surface area contributed by atoms with Crippen LogP contribution in [0.15, 0.2) is 30.6 Å². The van der Waals surface area contributed by atoms with Crippen LogP contribution in [0.2, 0.25) is 5.02 Å². The molecule has 0 radical (unpaired) electrons. The largest absolute Gasteiger partial charge is 0.338 e. The number of hydrogen-bond acceptors (Lipinski definition) is 3. The molecule has 0 saturated heterocycles. The Kier molecular flexibility index (Phi) is 4.01. The molecule has 96 valence electrons. The SMILES string of the molecule is Cc1cc(C(Cc2nccn2C)NN)ccc1Cl. The first-order valence-electron chi connectivity index (χ1n) is 5.80. The number of halogens is 1. The first kappa shape index (κ1) is 13.1. The highest BCUT2D eigenvalue weighted by Gasteiger charge is 2.13. The summed E-state index contributed by atoms with van der Waals surface area (Å²) in [5.41, 5.74) is 5.00. The van der Waals surface area contributed by atoms with Gasteiger partial charge in [-0.3, -0.25) is 11.3 Å². The van der Waals surface area contributed by atoms with Crippen LogP contribution in [0.3, 0.4) is 0 Å². The Morgan fingerprint density at radius 2 is 2.28 bits per heavy atom. The molecular formula is C13H17ClN4. The first-order valence-corrected chi connectivity index (χ1v) is 6.18. The molecule has 1 unspecified atom stereocenters. The fourth-order valence-electron chi connectivity index (χ4n) is 1.93. The third-order valence-corrected chi connectivity index (χ3v) is 3.52. The number of aryl methyl sites for hydroxylation is 2. The quantitative estimate of drug-likeness (QED) is 0.657. The summed E-state index contributed by atoms with van der Waals surface area (Å²) in [5.74, 6) is 6.63. The van der Waals surface area contributed by atoms with Crippen LogP contribution in [-0.2, 0) is 13.5 Å². The Morgan fingerprint density at radius 1 is 1.50 bits per heavy atom. The minimum atomic E-state index is 0.0297. The number of nitrogens with two attached hydrogens (primary N) is 1. The van der Waals surface area contributed by atoms with Crippen LogP contribution in [0.1, 0.15) is 23.0 Å². The van der Waals surface area contributed by atoms with Gasteiger partial charge in [-0.15, -0.1) is 0 Å². The van der Waals surface area contributed by atoms with Crippen molar-refractivity contribution in [1.82, 2.24) is 15.0 Å². The number of hydrogen-bond donors (Lipinski definition) is 2. The lowest BCUT2D eigenvalue weighted by molar-refractivity contribution is 0.530. The van der Waals surface area contributed by atoms with Gasteiger partial charge in [-0.2, -0.15) is 0 Å². The molecule has 0 saturated carbocycles. The van der Waals surface area contributed by atoms with Gasteiger partial charge in [0.25, 0.3) is 0 Å². The molecule has 3 N–H and O–H groups in total. The fraction of sp³-hybridized carbons (Fsp3) is 0.308. The second-order valence-corrected chi connectivity index (χ2v) is 4.79. The van der Waals surface area contributed by atoms with E-state index in [1.165, 1.54) is 0 Å². The van der Waals surface area contributed by atoms with Crippen LogP contribution >= 0.6 is 11.6 Å². The highest BCUT2D eigenvalue weighted by molar-refractivity contribution is 6.31. The van der Waals surface area contributed by atoms with Crippen LogP contribution in [-0.4, -0.2) is 9.55 Å². The molecular weight excluding hydrogens is 248 g/mol. The lowest BCUT2D eigenvalue weighted by Gasteiger charge is -2.17. The third kappa shape index (κ3) is 2.72. The van der Waals surface area contributed by atoms with Crippen LogP contribution in [0.25, 0.3) is 0 Å². The zero-order valence-electron chi connectivity index (χ0n) is 10.5. The van der Waals surface area contributed by atoms with Crippen molar-refractivity contribution in [3.8, 4) is 0 Å². The molecule has 2 rings (SSSR count). The lowest BCUT2D eigenvalue weighted by atomic mass is 10.0. The number of nitrogens with one attached hydrogen (secondary N) is 1. The summed E-state index contributed by atoms with van der Waals surface area (Å²) in [6.07, 6.45) is 4.45. The number of hydrazine groups is 1.